The van der Waals surface area contributed by atoms with Gasteiger partial charge in [0.2, 0.25) is 5.82 Å². The average Bonchev–Trinajstić information content (AvgIpc) is 3.53. The predicted octanol–water partition coefficient (Wildman–Crippen LogP) is 5.57. The molecule has 0 aliphatic carbocycles. The summed E-state index contributed by atoms with van der Waals surface area (Å²) >= 11 is 0. The van der Waals surface area contributed by atoms with Gasteiger partial charge in [0.15, 0.2) is 6.29 Å². The van der Waals surface area contributed by atoms with Crippen LogP contribution in [0.3, 0.4) is 0 Å². The van der Waals surface area contributed by atoms with Gasteiger partial charge in [-0.2, -0.15) is 4.98 Å². The zero-order valence-corrected chi connectivity index (χ0v) is 18.1. The number of hydrogen-bond donors (Lipinski definition) is 0. The summed E-state index contributed by atoms with van der Waals surface area (Å²) in [5, 5.41) is 4.20. The molecule has 0 radical (unpaired) electrons. The largest absolute Gasteiger partial charge is 0.380 e. The molecule has 6 nitrogen and oxygen atoms in total. The first kappa shape index (κ1) is 20.6. The maximum atomic E-state index is 5.61. The van der Waals surface area contributed by atoms with Crippen LogP contribution in [0, 0.1) is 6.92 Å². The Morgan fingerprint density at radius 1 is 0.906 bits per heavy atom. The van der Waals surface area contributed by atoms with E-state index in [0.717, 1.165) is 27.8 Å². The Kier molecular flexibility index (Phi) is 5.81. The molecule has 0 N–H and O–H groups in total. The second-order valence-corrected chi connectivity index (χ2v) is 7.74. The van der Waals surface area contributed by atoms with Crippen LogP contribution in [0.1, 0.15) is 23.0 Å². The highest BCUT2D eigenvalue weighted by molar-refractivity contribution is 5.74. The summed E-state index contributed by atoms with van der Waals surface area (Å²) in [6, 6.07) is 22.3. The van der Waals surface area contributed by atoms with E-state index in [4.69, 9.17) is 18.7 Å². The van der Waals surface area contributed by atoms with Crippen molar-refractivity contribution in [2.45, 2.75) is 19.8 Å². The topological polar surface area (TPSA) is 66.6 Å². The number of rotatable bonds is 6. The van der Waals surface area contributed by atoms with Crippen LogP contribution >= 0.6 is 0 Å². The van der Waals surface area contributed by atoms with E-state index >= 15 is 0 Å². The molecule has 1 aliphatic rings. The Morgan fingerprint density at radius 3 is 2.56 bits per heavy atom. The van der Waals surface area contributed by atoms with Crippen LogP contribution < -0.4 is 0 Å². The fourth-order valence-corrected chi connectivity index (χ4v) is 3.97. The monoisotopic (exact) mass is 428 g/mol. The lowest BCUT2D eigenvalue weighted by Gasteiger charge is -2.12. The van der Waals surface area contributed by atoms with E-state index in [0.29, 0.717) is 31.5 Å². The molecular weight excluding hydrogens is 404 g/mol. The predicted molar refractivity (Wildman–Crippen MR) is 121 cm³/mol. The quantitative estimate of drug-likeness (QED) is 0.400. The summed E-state index contributed by atoms with van der Waals surface area (Å²) < 4.78 is 22.3. The molecule has 1 aromatic heterocycles. The molecule has 4 aromatic rings. The molecular formula is C26H24N2O4. The molecule has 1 saturated heterocycles. The van der Waals surface area contributed by atoms with Gasteiger partial charge in [0.1, 0.15) is 0 Å². The molecule has 0 unspecified atom stereocenters. The zero-order chi connectivity index (χ0) is 21.9. The lowest BCUT2D eigenvalue weighted by molar-refractivity contribution is -0.0440. The van der Waals surface area contributed by atoms with E-state index in [-0.39, 0.29) is 6.29 Å². The van der Waals surface area contributed by atoms with Crippen LogP contribution in [0.15, 0.2) is 71.3 Å². The molecule has 0 atom stereocenters. The van der Waals surface area contributed by atoms with Crippen molar-refractivity contribution in [1.82, 2.24) is 10.1 Å². The maximum Gasteiger partial charge on any atom is 0.258 e. The first-order valence-corrected chi connectivity index (χ1v) is 10.6. The van der Waals surface area contributed by atoms with Crippen LogP contribution in [-0.4, -0.2) is 30.5 Å². The molecule has 5 rings (SSSR count). The molecule has 0 amide bonds. The third kappa shape index (κ3) is 4.08. The summed E-state index contributed by atoms with van der Waals surface area (Å²) in [5.41, 5.74) is 7.25. The van der Waals surface area contributed by atoms with Gasteiger partial charge < -0.3 is 18.7 Å². The molecule has 0 spiro atoms. The van der Waals surface area contributed by atoms with Crippen molar-refractivity contribution in [3.05, 3.63) is 83.4 Å². The van der Waals surface area contributed by atoms with Crippen molar-refractivity contribution in [3.63, 3.8) is 0 Å². The first-order valence-electron chi connectivity index (χ1n) is 10.6. The number of aromatic nitrogens is 2. The first-order chi connectivity index (χ1) is 15.7. The Morgan fingerprint density at radius 2 is 1.75 bits per heavy atom. The van der Waals surface area contributed by atoms with Crippen LogP contribution in [0.2, 0.25) is 0 Å². The van der Waals surface area contributed by atoms with Gasteiger partial charge in [0.05, 0.1) is 19.8 Å². The van der Waals surface area contributed by atoms with E-state index in [1.54, 1.807) is 7.11 Å². The highest BCUT2D eigenvalue weighted by atomic mass is 16.7. The standard InChI is InChI=1S/C26H24N2O4/c1-17-6-3-4-9-22(17)23-11-10-19(15-21(23)16-29-2)25-27-24(28-32-25)18-7-5-8-20(14-18)26-30-12-13-31-26/h3-11,14-15,26H,12-13,16H2,1-2H3. The number of ether oxygens (including phenoxy) is 3. The average molecular weight is 428 g/mol. The van der Waals surface area contributed by atoms with Gasteiger partial charge in [-0.3, -0.25) is 0 Å². The highest BCUT2D eigenvalue weighted by Crippen LogP contribution is 2.32. The van der Waals surface area contributed by atoms with Crippen LogP contribution in [0.4, 0.5) is 0 Å². The normalized spacial score (nSPS) is 14.2. The maximum absolute atomic E-state index is 5.61. The number of aryl methyl sites for hydroxylation is 1. The van der Waals surface area contributed by atoms with E-state index in [9.17, 15) is 0 Å². The number of nitrogens with zero attached hydrogens (tertiary/aromatic N) is 2. The van der Waals surface area contributed by atoms with Gasteiger partial charge in [-0.15, -0.1) is 0 Å². The van der Waals surface area contributed by atoms with Crippen LogP contribution in [0.5, 0.6) is 0 Å². The molecule has 6 heteroatoms. The van der Waals surface area contributed by atoms with E-state index in [2.05, 4.69) is 41.3 Å². The van der Waals surface area contributed by atoms with Crippen molar-refractivity contribution in [2.24, 2.45) is 0 Å². The van der Waals surface area contributed by atoms with Crippen molar-refractivity contribution in [3.8, 4) is 34.0 Å². The Balaban J connectivity index is 1.47. The minimum absolute atomic E-state index is 0.341. The number of hydrogen-bond acceptors (Lipinski definition) is 6. The van der Waals surface area contributed by atoms with Crippen molar-refractivity contribution < 1.29 is 18.7 Å². The van der Waals surface area contributed by atoms with Crippen molar-refractivity contribution >= 4 is 0 Å². The van der Waals surface area contributed by atoms with Gasteiger partial charge in [0, 0.05) is 23.8 Å². The van der Waals surface area contributed by atoms with Gasteiger partial charge in [-0.25, -0.2) is 0 Å². The fraction of sp³-hybridized carbons (Fsp3) is 0.231. The molecule has 32 heavy (non-hydrogen) atoms. The molecule has 1 fully saturated rings. The summed E-state index contributed by atoms with van der Waals surface area (Å²) in [7, 11) is 1.70. The molecule has 162 valence electrons. The van der Waals surface area contributed by atoms with E-state index in [1.807, 2.05) is 42.5 Å². The number of benzene rings is 3. The lowest BCUT2D eigenvalue weighted by atomic mass is 9.94. The second kappa shape index (κ2) is 9.04. The zero-order valence-electron chi connectivity index (χ0n) is 18.1. The minimum Gasteiger partial charge on any atom is -0.380 e. The third-order valence-corrected chi connectivity index (χ3v) is 5.55. The van der Waals surface area contributed by atoms with Crippen LogP contribution in [-0.2, 0) is 20.8 Å². The smallest absolute Gasteiger partial charge is 0.258 e. The van der Waals surface area contributed by atoms with Gasteiger partial charge in [-0.1, -0.05) is 53.7 Å². The number of methoxy groups -OCH3 is 1. The molecule has 1 aliphatic heterocycles. The molecule has 2 heterocycles. The van der Waals surface area contributed by atoms with Crippen LogP contribution in [0.25, 0.3) is 34.0 Å². The van der Waals surface area contributed by atoms with Crippen molar-refractivity contribution in [1.29, 1.82) is 0 Å². The summed E-state index contributed by atoms with van der Waals surface area (Å²) in [4.78, 5) is 4.64. The molecule has 3 aromatic carbocycles. The third-order valence-electron chi connectivity index (χ3n) is 5.55. The van der Waals surface area contributed by atoms with Gasteiger partial charge in [-0.05, 0) is 47.4 Å². The summed E-state index contributed by atoms with van der Waals surface area (Å²) in [6.07, 6.45) is -0.341. The highest BCUT2D eigenvalue weighted by Gasteiger charge is 2.20. The minimum atomic E-state index is -0.341. The SMILES string of the molecule is COCc1cc(-c2nc(-c3cccc(C4OCCO4)c3)no2)ccc1-c1ccccc1C. The van der Waals surface area contributed by atoms with Crippen molar-refractivity contribution in [2.75, 3.05) is 20.3 Å². The van der Waals surface area contributed by atoms with Gasteiger partial charge in [0.25, 0.3) is 5.89 Å². The van der Waals surface area contributed by atoms with Gasteiger partial charge >= 0.3 is 0 Å². The Labute approximate surface area is 186 Å². The lowest BCUT2D eigenvalue weighted by Crippen LogP contribution is -1.98. The van der Waals surface area contributed by atoms with E-state index < -0.39 is 0 Å². The molecule has 0 saturated carbocycles. The Bertz CT molecular complexity index is 1230. The second-order valence-electron chi connectivity index (χ2n) is 7.74. The summed E-state index contributed by atoms with van der Waals surface area (Å²) in [5.74, 6) is 0.989. The van der Waals surface area contributed by atoms with E-state index in [1.165, 1.54) is 11.1 Å². The Hall–Kier alpha value is -3.32. The fourth-order valence-electron chi connectivity index (χ4n) is 3.97. The molecule has 0 bridgehead atoms. The summed E-state index contributed by atoms with van der Waals surface area (Å²) in [6.45, 7) is 3.80.